The van der Waals surface area contributed by atoms with Crippen molar-refractivity contribution >= 4 is 17.3 Å². The monoisotopic (exact) mass is 377 g/mol. The van der Waals surface area contributed by atoms with Gasteiger partial charge >= 0.3 is 0 Å². The maximum atomic E-state index is 13.5. The van der Waals surface area contributed by atoms with Gasteiger partial charge in [-0.2, -0.15) is 0 Å². The van der Waals surface area contributed by atoms with Gasteiger partial charge in [-0.1, -0.05) is 46.8 Å². The molecule has 144 valence electrons. The summed E-state index contributed by atoms with van der Waals surface area (Å²) < 4.78 is 13.5. The number of allylic oxidation sites excluding steroid dienone is 2. The highest BCUT2D eigenvalue weighted by molar-refractivity contribution is 8.03. The van der Waals surface area contributed by atoms with Crippen molar-refractivity contribution in [1.82, 2.24) is 4.90 Å². The Morgan fingerprint density at radius 2 is 1.77 bits per heavy atom. The van der Waals surface area contributed by atoms with E-state index in [0.29, 0.717) is 11.8 Å². The number of nitrogens with zero attached hydrogens (tertiary/aromatic N) is 1. The van der Waals surface area contributed by atoms with Crippen molar-refractivity contribution in [2.75, 3.05) is 19.4 Å². The fraction of sp³-hybridized carbons (Fsp3) is 0.545. The van der Waals surface area contributed by atoms with Gasteiger partial charge in [0.15, 0.2) is 0 Å². The second kappa shape index (κ2) is 9.09. The van der Waals surface area contributed by atoms with E-state index < -0.39 is 0 Å². The molecule has 0 amide bonds. The second-order valence-corrected chi connectivity index (χ2v) is 8.69. The van der Waals surface area contributed by atoms with E-state index in [9.17, 15) is 9.50 Å². The third-order valence-electron chi connectivity index (χ3n) is 4.87. The third kappa shape index (κ3) is 4.17. The fourth-order valence-electron chi connectivity index (χ4n) is 3.94. The van der Waals surface area contributed by atoms with Crippen LogP contribution < -0.4 is 0 Å². The Hall–Kier alpha value is -1.26. The van der Waals surface area contributed by atoms with E-state index >= 15 is 0 Å². The number of aliphatic hydroxyl groups excluding tert-OH is 1. The van der Waals surface area contributed by atoms with Crippen LogP contribution in [0, 0.1) is 17.7 Å². The first-order valence-electron chi connectivity index (χ1n) is 9.53. The fourth-order valence-corrected chi connectivity index (χ4v) is 5.27. The zero-order valence-electron chi connectivity index (χ0n) is 16.8. The van der Waals surface area contributed by atoms with Crippen molar-refractivity contribution in [2.24, 2.45) is 11.8 Å². The van der Waals surface area contributed by atoms with Crippen LogP contribution in [0.3, 0.4) is 0 Å². The molecule has 2 nitrogen and oxygen atoms in total. The largest absolute Gasteiger partial charge is 0.392 e. The quantitative estimate of drug-likeness (QED) is 0.674. The van der Waals surface area contributed by atoms with E-state index in [2.05, 4.69) is 46.6 Å². The number of halogens is 1. The number of hydrogen-bond donors (Lipinski definition) is 1. The SMILES string of the molecule is CCCSC1=C(C(C)C)N(C)C(C(C)C)C(CO)=C1c1ccc(F)cc1. The van der Waals surface area contributed by atoms with Crippen LogP contribution in [0.2, 0.25) is 0 Å². The highest BCUT2D eigenvalue weighted by atomic mass is 32.2. The minimum Gasteiger partial charge on any atom is -0.392 e. The molecule has 2 rings (SSSR count). The molecule has 1 unspecified atom stereocenters. The summed E-state index contributed by atoms with van der Waals surface area (Å²) in [5.74, 6) is 1.53. The Bertz CT molecular complexity index is 676. The summed E-state index contributed by atoms with van der Waals surface area (Å²) in [7, 11) is 2.14. The molecule has 0 saturated carbocycles. The van der Waals surface area contributed by atoms with E-state index in [4.69, 9.17) is 0 Å². The first-order chi connectivity index (χ1) is 12.3. The predicted molar refractivity (Wildman–Crippen MR) is 111 cm³/mol. The predicted octanol–water partition coefficient (Wildman–Crippen LogP) is 5.55. The lowest BCUT2D eigenvalue weighted by Gasteiger charge is -2.44. The lowest BCUT2D eigenvalue weighted by molar-refractivity contribution is 0.220. The lowest BCUT2D eigenvalue weighted by Crippen LogP contribution is -2.43. The number of hydrogen-bond acceptors (Lipinski definition) is 3. The summed E-state index contributed by atoms with van der Waals surface area (Å²) in [5.41, 5.74) is 4.45. The second-order valence-electron chi connectivity index (χ2n) is 7.58. The molecule has 1 heterocycles. The third-order valence-corrected chi connectivity index (χ3v) is 6.18. The number of thioether (sulfide) groups is 1. The Morgan fingerprint density at radius 1 is 1.15 bits per heavy atom. The Labute approximate surface area is 162 Å². The number of likely N-dealkylation sites (N-methyl/N-ethyl adjacent to an activating group) is 1. The van der Waals surface area contributed by atoms with Gasteiger partial charge in [-0.05, 0) is 47.3 Å². The minimum atomic E-state index is -0.232. The van der Waals surface area contributed by atoms with Gasteiger partial charge in [0.25, 0.3) is 0 Å². The molecule has 0 radical (unpaired) electrons. The van der Waals surface area contributed by atoms with Crippen LogP contribution in [-0.4, -0.2) is 35.5 Å². The molecule has 1 atom stereocenters. The van der Waals surface area contributed by atoms with Crippen molar-refractivity contribution in [1.29, 1.82) is 0 Å². The zero-order valence-corrected chi connectivity index (χ0v) is 17.7. The summed E-state index contributed by atoms with van der Waals surface area (Å²) in [4.78, 5) is 3.59. The standard InChI is InChI=1S/C22H32FNOS/c1-7-12-26-22-19(16-8-10-17(23)11-9-16)18(13-25)20(14(2)3)24(6)21(22)15(4)5/h8-11,14-15,20,25H,7,12-13H2,1-6H3. The van der Waals surface area contributed by atoms with Crippen molar-refractivity contribution in [3.63, 3.8) is 0 Å². The topological polar surface area (TPSA) is 23.5 Å². The zero-order chi connectivity index (χ0) is 19.4. The van der Waals surface area contributed by atoms with Crippen LogP contribution in [0.25, 0.3) is 5.57 Å². The molecule has 0 spiro atoms. The number of benzene rings is 1. The molecule has 0 fully saturated rings. The highest BCUT2D eigenvalue weighted by Gasteiger charge is 2.35. The molecule has 0 bridgehead atoms. The summed E-state index contributed by atoms with van der Waals surface area (Å²) in [6, 6.07) is 6.85. The summed E-state index contributed by atoms with van der Waals surface area (Å²) >= 11 is 1.85. The summed E-state index contributed by atoms with van der Waals surface area (Å²) in [6.45, 7) is 11.0. The summed E-state index contributed by atoms with van der Waals surface area (Å²) in [6.07, 6.45) is 1.09. The highest BCUT2D eigenvalue weighted by Crippen LogP contribution is 2.46. The Kier molecular flexibility index (Phi) is 7.36. The van der Waals surface area contributed by atoms with Gasteiger partial charge in [0.2, 0.25) is 0 Å². The molecule has 0 saturated heterocycles. The van der Waals surface area contributed by atoms with Crippen molar-refractivity contribution < 1.29 is 9.50 Å². The van der Waals surface area contributed by atoms with E-state index in [1.165, 1.54) is 22.7 Å². The maximum absolute atomic E-state index is 13.5. The molecule has 1 N–H and O–H groups in total. The molecule has 1 aromatic rings. The molecule has 4 heteroatoms. The van der Waals surface area contributed by atoms with Gasteiger partial charge in [0.05, 0.1) is 12.6 Å². The van der Waals surface area contributed by atoms with E-state index in [1.807, 2.05) is 23.9 Å². The van der Waals surface area contributed by atoms with Gasteiger partial charge in [0.1, 0.15) is 5.82 Å². The molecule has 26 heavy (non-hydrogen) atoms. The number of rotatable bonds is 7. The molecule has 1 aliphatic rings. The van der Waals surface area contributed by atoms with Crippen molar-refractivity contribution in [3.05, 3.63) is 51.8 Å². The molecule has 0 aliphatic carbocycles. The summed E-state index contributed by atoms with van der Waals surface area (Å²) in [5, 5.41) is 10.3. The molecule has 0 aromatic heterocycles. The molecule has 1 aromatic carbocycles. The van der Waals surface area contributed by atoms with E-state index in [-0.39, 0.29) is 18.5 Å². The van der Waals surface area contributed by atoms with Crippen LogP contribution in [0.15, 0.2) is 40.4 Å². The van der Waals surface area contributed by atoms with Crippen LogP contribution in [0.4, 0.5) is 4.39 Å². The van der Waals surface area contributed by atoms with E-state index in [0.717, 1.165) is 28.9 Å². The van der Waals surface area contributed by atoms with Crippen molar-refractivity contribution in [2.45, 2.75) is 47.1 Å². The molecule has 1 aliphatic heterocycles. The normalized spacial score (nSPS) is 18.5. The lowest BCUT2D eigenvalue weighted by atomic mass is 9.83. The first kappa shape index (κ1) is 21.0. The smallest absolute Gasteiger partial charge is 0.123 e. The van der Waals surface area contributed by atoms with Gasteiger partial charge in [-0.25, -0.2) is 4.39 Å². The average molecular weight is 378 g/mol. The Balaban J connectivity index is 2.77. The Morgan fingerprint density at radius 3 is 2.23 bits per heavy atom. The van der Waals surface area contributed by atoms with Crippen LogP contribution in [0.5, 0.6) is 0 Å². The van der Waals surface area contributed by atoms with Crippen LogP contribution in [-0.2, 0) is 0 Å². The molecular formula is C22H32FNOS. The van der Waals surface area contributed by atoms with Gasteiger partial charge in [-0.15, -0.1) is 11.8 Å². The van der Waals surface area contributed by atoms with Gasteiger partial charge in [-0.3, -0.25) is 0 Å². The average Bonchev–Trinajstić information content (AvgIpc) is 2.59. The van der Waals surface area contributed by atoms with Crippen molar-refractivity contribution in [3.8, 4) is 0 Å². The number of aliphatic hydroxyl groups is 1. The maximum Gasteiger partial charge on any atom is 0.123 e. The first-order valence-corrected chi connectivity index (χ1v) is 10.5. The molecular weight excluding hydrogens is 345 g/mol. The van der Waals surface area contributed by atoms with Crippen LogP contribution in [0.1, 0.15) is 46.6 Å². The van der Waals surface area contributed by atoms with Gasteiger partial charge in [0, 0.05) is 23.2 Å². The van der Waals surface area contributed by atoms with Gasteiger partial charge < -0.3 is 10.0 Å². The minimum absolute atomic E-state index is 0.0153. The van der Waals surface area contributed by atoms with E-state index in [1.54, 1.807) is 0 Å². The van der Waals surface area contributed by atoms with Crippen LogP contribution >= 0.6 is 11.8 Å².